The zero-order valence-corrected chi connectivity index (χ0v) is 35.8. The van der Waals surface area contributed by atoms with E-state index in [2.05, 4.69) is 75.8 Å². The number of phenols is 2. The number of alkyl halides is 6. The lowest BCUT2D eigenvalue weighted by atomic mass is 9.77. The van der Waals surface area contributed by atoms with Crippen molar-refractivity contribution < 1.29 is 36.6 Å². The number of halogens is 6. The Morgan fingerprint density at radius 2 is 1.07 bits per heavy atom. The summed E-state index contributed by atoms with van der Waals surface area (Å²) in [5.41, 5.74) is 5.90. The summed E-state index contributed by atoms with van der Waals surface area (Å²) in [6, 6.07) is 13.0. The van der Waals surface area contributed by atoms with Crippen molar-refractivity contribution in [1.82, 2.24) is 15.0 Å². The summed E-state index contributed by atoms with van der Waals surface area (Å²) in [4.78, 5) is 1.14. The van der Waals surface area contributed by atoms with E-state index in [1.54, 1.807) is 12.1 Å². The number of aromatic hydroxyl groups is 2. The molecular weight excluding hydrogens is 783 g/mol. The van der Waals surface area contributed by atoms with E-state index in [9.17, 15) is 36.6 Å². The number of phenolic OH excluding ortho intramolecular Hbond substituents is 2. The number of nitrogens with two attached hydrogens (primary N) is 1. The van der Waals surface area contributed by atoms with E-state index in [0.29, 0.717) is 11.1 Å². The third-order valence-electron chi connectivity index (χ3n) is 10.6. The molecule has 0 unspecified atom stereocenters. The molecule has 0 spiro atoms. The van der Waals surface area contributed by atoms with Crippen LogP contribution in [0.15, 0.2) is 70.9 Å². The standard InChI is InChI=1S/C43H50F6N6O2.C3H8/c1-7-9-11-17-40(3,4)30-20-26(38(56)36(24-30)52-51-33-15-13-28(22-32(33)50)42(44,45)46)19-27-21-31(41(5,6)18-12-10-8-2)25-37(39(27)57)55-53-34-16-14-29(43(47,48)49)23-35(34)54-55;1-3-2/h13-16,20-25,56-57H,7-12,17-19,50H2,1-6H3;3H2,1-2H3. The molecule has 1 aromatic heterocycles. The summed E-state index contributed by atoms with van der Waals surface area (Å²) in [5, 5.41) is 40.9. The number of nitrogens with zero attached hydrogens (tertiary/aromatic N) is 5. The van der Waals surface area contributed by atoms with E-state index in [1.807, 2.05) is 12.1 Å². The van der Waals surface area contributed by atoms with Crippen LogP contribution < -0.4 is 5.73 Å². The van der Waals surface area contributed by atoms with Gasteiger partial charge in [0.1, 0.15) is 39.6 Å². The van der Waals surface area contributed by atoms with Crippen LogP contribution in [0.3, 0.4) is 0 Å². The molecule has 60 heavy (non-hydrogen) atoms. The molecule has 0 aliphatic carbocycles. The SMILES string of the molecule is CCC.CCCCCC(C)(C)c1cc(Cc2cc(C(C)(C)CCCCC)cc(-n3nc4ccc(C(F)(F)F)cc4n3)c2O)c(O)c(N=Nc2ccc(C(F)(F)F)cc2N)c1. The highest BCUT2D eigenvalue weighted by Crippen LogP contribution is 2.43. The number of azo groups is 1. The van der Waals surface area contributed by atoms with Gasteiger partial charge in [0, 0.05) is 17.5 Å². The highest BCUT2D eigenvalue weighted by Gasteiger charge is 2.33. The molecule has 0 amide bonds. The van der Waals surface area contributed by atoms with Gasteiger partial charge in [0.05, 0.1) is 16.8 Å². The third kappa shape index (κ3) is 11.8. The van der Waals surface area contributed by atoms with Crippen LogP contribution in [0.1, 0.15) is 147 Å². The van der Waals surface area contributed by atoms with Crippen LogP contribution in [0.4, 0.5) is 43.4 Å². The summed E-state index contributed by atoms with van der Waals surface area (Å²) < 4.78 is 80.6. The Morgan fingerprint density at radius 1 is 0.583 bits per heavy atom. The Kier molecular flexibility index (Phi) is 15.4. The number of anilines is 1. The number of aromatic nitrogens is 3. The lowest BCUT2D eigenvalue weighted by Crippen LogP contribution is -2.19. The molecular formula is C46H58F6N6O2. The maximum absolute atomic E-state index is 13.6. The Morgan fingerprint density at radius 3 is 1.60 bits per heavy atom. The zero-order chi connectivity index (χ0) is 44.6. The molecule has 0 aliphatic heterocycles. The van der Waals surface area contributed by atoms with Gasteiger partial charge in [0.2, 0.25) is 0 Å². The second-order valence-electron chi connectivity index (χ2n) is 16.7. The van der Waals surface area contributed by atoms with Gasteiger partial charge < -0.3 is 15.9 Å². The van der Waals surface area contributed by atoms with Crippen LogP contribution >= 0.6 is 0 Å². The molecule has 5 aromatic rings. The van der Waals surface area contributed by atoms with Crippen molar-refractivity contribution in [3.63, 3.8) is 0 Å². The first kappa shape index (κ1) is 47.5. The molecule has 0 atom stereocenters. The van der Waals surface area contributed by atoms with Crippen molar-refractivity contribution in [2.24, 2.45) is 10.2 Å². The molecule has 14 heteroatoms. The van der Waals surface area contributed by atoms with Gasteiger partial charge in [-0.05, 0) is 83.3 Å². The number of hydrogen-bond donors (Lipinski definition) is 3. The van der Waals surface area contributed by atoms with Crippen molar-refractivity contribution in [1.29, 1.82) is 0 Å². The van der Waals surface area contributed by atoms with Gasteiger partial charge in [-0.3, -0.25) is 0 Å². The maximum Gasteiger partial charge on any atom is 0.416 e. The molecule has 8 nitrogen and oxygen atoms in total. The zero-order valence-electron chi connectivity index (χ0n) is 35.8. The van der Waals surface area contributed by atoms with Crippen LogP contribution in [0.5, 0.6) is 11.5 Å². The summed E-state index contributed by atoms with van der Waals surface area (Å²) in [5.74, 6) is -0.485. The molecule has 0 bridgehead atoms. The summed E-state index contributed by atoms with van der Waals surface area (Å²) >= 11 is 0. The topological polar surface area (TPSA) is 122 Å². The van der Waals surface area contributed by atoms with E-state index in [4.69, 9.17) is 5.73 Å². The van der Waals surface area contributed by atoms with Crippen molar-refractivity contribution in [2.45, 2.75) is 143 Å². The minimum Gasteiger partial charge on any atom is -0.505 e. The van der Waals surface area contributed by atoms with Crippen LogP contribution in [-0.2, 0) is 29.6 Å². The molecule has 4 aromatic carbocycles. The minimum atomic E-state index is -4.60. The van der Waals surface area contributed by atoms with Gasteiger partial charge in [-0.1, -0.05) is 112 Å². The maximum atomic E-state index is 13.6. The molecule has 1 heterocycles. The third-order valence-corrected chi connectivity index (χ3v) is 10.6. The van der Waals surface area contributed by atoms with Crippen LogP contribution in [0, 0.1) is 0 Å². The average molecular weight is 841 g/mol. The minimum absolute atomic E-state index is 0.00211. The normalized spacial score (nSPS) is 12.6. The van der Waals surface area contributed by atoms with Crippen LogP contribution in [0.2, 0.25) is 0 Å². The molecule has 4 N–H and O–H groups in total. The van der Waals surface area contributed by atoms with Gasteiger partial charge in [-0.25, -0.2) is 0 Å². The van der Waals surface area contributed by atoms with Crippen molar-refractivity contribution in [2.75, 3.05) is 5.73 Å². The fraction of sp³-hybridized carbons (Fsp3) is 0.478. The molecule has 5 rings (SSSR count). The van der Waals surface area contributed by atoms with E-state index >= 15 is 0 Å². The second kappa shape index (κ2) is 19.5. The molecule has 0 saturated carbocycles. The molecule has 0 radical (unpaired) electrons. The number of unbranched alkanes of at least 4 members (excludes halogenated alkanes) is 4. The summed E-state index contributed by atoms with van der Waals surface area (Å²) in [7, 11) is 0. The molecule has 326 valence electrons. The number of fused-ring (bicyclic) bond motifs is 1. The van der Waals surface area contributed by atoms with Crippen LogP contribution in [0.25, 0.3) is 16.7 Å². The van der Waals surface area contributed by atoms with E-state index in [0.717, 1.165) is 97.6 Å². The monoisotopic (exact) mass is 840 g/mol. The highest BCUT2D eigenvalue weighted by atomic mass is 19.4. The van der Waals surface area contributed by atoms with Gasteiger partial charge in [0.15, 0.2) is 0 Å². The molecule has 0 aliphatic rings. The van der Waals surface area contributed by atoms with E-state index < -0.39 is 34.3 Å². The predicted molar refractivity (Wildman–Crippen MR) is 227 cm³/mol. The molecule has 0 saturated heterocycles. The Balaban J connectivity index is 0.00000257. The fourth-order valence-electron chi connectivity index (χ4n) is 6.89. The Bertz CT molecular complexity index is 2260. The lowest BCUT2D eigenvalue weighted by Gasteiger charge is -2.28. The lowest BCUT2D eigenvalue weighted by molar-refractivity contribution is -0.138. The largest absolute Gasteiger partial charge is 0.505 e. The van der Waals surface area contributed by atoms with Gasteiger partial charge in [0.25, 0.3) is 0 Å². The first-order valence-electron chi connectivity index (χ1n) is 20.6. The smallest absolute Gasteiger partial charge is 0.416 e. The summed E-state index contributed by atoms with van der Waals surface area (Å²) in [6.07, 6.45) is -0.398. The number of benzene rings is 4. The quantitative estimate of drug-likeness (QED) is 0.0419. The van der Waals surface area contributed by atoms with Crippen molar-refractivity contribution in [3.8, 4) is 17.2 Å². The number of nitrogen functional groups attached to an aromatic ring is 1. The first-order chi connectivity index (χ1) is 28.1. The first-order valence-corrected chi connectivity index (χ1v) is 20.6. The molecule has 0 fully saturated rings. The number of rotatable bonds is 15. The average Bonchev–Trinajstić information content (AvgIpc) is 3.59. The van der Waals surface area contributed by atoms with E-state index in [1.165, 1.54) is 12.5 Å². The number of hydrogen-bond acceptors (Lipinski definition) is 7. The Hall–Kier alpha value is -5.14. The Labute approximate surface area is 348 Å². The fourth-order valence-corrected chi connectivity index (χ4v) is 6.89. The van der Waals surface area contributed by atoms with Crippen molar-refractivity contribution in [3.05, 3.63) is 94.0 Å². The van der Waals surface area contributed by atoms with Crippen LogP contribution in [-0.4, -0.2) is 25.2 Å². The van der Waals surface area contributed by atoms with Gasteiger partial charge in [-0.15, -0.1) is 25.2 Å². The highest BCUT2D eigenvalue weighted by molar-refractivity contribution is 5.75. The van der Waals surface area contributed by atoms with Gasteiger partial charge >= 0.3 is 12.4 Å². The predicted octanol–water partition coefficient (Wildman–Crippen LogP) is 14.6. The second-order valence-corrected chi connectivity index (χ2v) is 16.7. The summed E-state index contributed by atoms with van der Waals surface area (Å²) in [6.45, 7) is 16.8. The van der Waals surface area contributed by atoms with E-state index in [-0.39, 0.29) is 51.7 Å². The van der Waals surface area contributed by atoms with Gasteiger partial charge in [-0.2, -0.15) is 26.3 Å². The van der Waals surface area contributed by atoms with Crippen molar-refractivity contribution >= 4 is 28.1 Å².